The van der Waals surface area contributed by atoms with Gasteiger partial charge in [-0.2, -0.15) is 0 Å². The van der Waals surface area contributed by atoms with Gasteiger partial charge in [-0.1, -0.05) is 60.2 Å². The van der Waals surface area contributed by atoms with Crippen molar-refractivity contribution in [2.45, 2.75) is 6.92 Å². The lowest BCUT2D eigenvalue weighted by Crippen LogP contribution is -1.75. The molecule has 3 rings (SSSR count). The highest BCUT2D eigenvalue weighted by molar-refractivity contribution is 5.65. The summed E-state index contributed by atoms with van der Waals surface area (Å²) in [6, 6.07) is 18.6. The average molecular weight is 252 g/mol. The molecule has 0 unspecified atom stereocenters. The van der Waals surface area contributed by atoms with Crippen LogP contribution in [0.15, 0.2) is 65.1 Å². The van der Waals surface area contributed by atoms with Crippen molar-refractivity contribution in [2.24, 2.45) is 0 Å². The minimum absolute atomic E-state index is 0.288. The number of aryl methyl sites for hydroxylation is 1. The van der Waals surface area contributed by atoms with E-state index in [0.717, 1.165) is 11.1 Å². The molecule has 94 valence electrons. The van der Waals surface area contributed by atoms with Crippen molar-refractivity contribution in [1.82, 2.24) is 0 Å². The molecule has 1 nitrogen and oxygen atoms in total. The molecule has 2 heteroatoms. The molecule has 1 heterocycles. The first-order valence-corrected chi connectivity index (χ1v) is 6.16. The van der Waals surface area contributed by atoms with E-state index < -0.39 is 0 Å². The van der Waals surface area contributed by atoms with Crippen molar-refractivity contribution in [3.05, 3.63) is 72.0 Å². The van der Waals surface area contributed by atoms with Crippen LogP contribution in [0.4, 0.5) is 4.39 Å². The Morgan fingerprint density at radius 3 is 2.21 bits per heavy atom. The second-order valence-corrected chi connectivity index (χ2v) is 4.52. The third-order valence-corrected chi connectivity index (χ3v) is 3.06. The van der Waals surface area contributed by atoms with Gasteiger partial charge in [-0.05, 0) is 6.92 Å². The largest absolute Gasteiger partial charge is 0.453 e. The van der Waals surface area contributed by atoms with Crippen molar-refractivity contribution in [3.8, 4) is 22.6 Å². The topological polar surface area (TPSA) is 13.1 Å². The van der Waals surface area contributed by atoms with Gasteiger partial charge in [0.15, 0.2) is 11.6 Å². The van der Waals surface area contributed by atoms with Crippen LogP contribution in [0, 0.1) is 12.7 Å². The van der Waals surface area contributed by atoms with Gasteiger partial charge in [0.25, 0.3) is 0 Å². The fourth-order valence-electron chi connectivity index (χ4n) is 2.02. The van der Waals surface area contributed by atoms with E-state index in [1.165, 1.54) is 11.6 Å². The highest BCUT2D eigenvalue weighted by Crippen LogP contribution is 2.31. The summed E-state index contributed by atoms with van der Waals surface area (Å²) in [5, 5.41) is 0. The van der Waals surface area contributed by atoms with E-state index in [0.29, 0.717) is 5.76 Å². The normalized spacial score (nSPS) is 10.6. The predicted molar refractivity (Wildman–Crippen MR) is 74.3 cm³/mol. The maximum atomic E-state index is 14.0. The van der Waals surface area contributed by atoms with Gasteiger partial charge in [0.05, 0.1) is 0 Å². The molecule has 0 saturated heterocycles. The Morgan fingerprint density at radius 2 is 1.53 bits per heavy atom. The van der Waals surface area contributed by atoms with Gasteiger partial charge in [0, 0.05) is 17.2 Å². The van der Waals surface area contributed by atoms with E-state index in [2.05, 4.69) is 0 Å². The lowest BCUT2D eigenvalue weighted by molar-refractivity contribution is 0.558. The monoisotopic (exact) mass is 252 g/mol. The average Bonchev–Trinajstić information content (AvgIpc) is 2.83. The van der Waals surface area contributed by atoms with Gasteiger partial charge in [0.2, 0.25) is 0 Å². The molecule has 0 N–H and O–H groups in total. The first-order valence-electron chi connectivity index (χ1n) is 6.16. The van der Waals surface area contributed by atoms with Gasteiger partial charge in [-0.3, -0.25) is 0 Å². The Kier molecular flexibility index (Phi) is 2.92. The van der Waals surface area contributed by atoms with Crippen LogP contribution in [-0.4, -0.2) is 0 Å². The Morgan fingerprint density at radius 1 is 0.842 bits per heavy atom. The van der Waals surface area contributed by atoms with E-state index >= 15 is 0 Å². The number of furan rings is 1. The zero-order chi connectivity index (χ0) is 13.2. The van der Waals surface area contributed by atoms with Crippen molar-refractivity contribution in [3.63, 3.8) is 0 Å². The Hall–Kier alpha value is -2.35. The molecule has 0 bridgehead atoms. The van der Waals surface area contributed by atoms with Gasteiger partial charge in [0.1, 0.15) is 5.76 Å². The fourth-order valence-corrected chi connectivity index (χ4v) is 2.02. The van der Waals surface area contributed by atoms with Crippen molar-refractivity contribution < 1.29 is 8.81 Å². The first-order chi connectivity index (χ1) is 9.24. The molecule has 0 radical (unpaired) electrons. The lowest BCUT2D eigenvalue weighted by Gasteiger charge is -1.98. The third kappa shape index (κ3) is 2.29. The minimum atomic E-state index is -0.332. The van der Waals surface area contributed by atoms with E-state index in [4.69, 9.17) is 4.42 Å². The molecule has 2 aromatic carbocycles. The van der Waals surface area contributed by atoms with Crippen LogP contribution in [0.25, 0.3) is 22.6 Å². The summed E-state index contributed by atoms with van der Waals surface area (Å²) in [4.78, 5) is 0. The molecule has 0 aliphatic heterocycles. The van der Waals surface area contributed by atoms with Crippen LogP contribution in [0.3, 0.4) is 0 Å². The summed E-state index contributed by atoms with van der Waals surface area (Å²) in [6.45, 7) is 2.02. The maximum absolute atomic E-state index is 14.0. The summed E-state index contributed by atoms with van der Waals surface area (Å²) in [5.41, 5.74) is 2.80. The molecule has 0 spiro atoms. The third-order valence-electron chi connectivity index (χ3n) is 3.06. The first kappa shape index (κ1) is 11.7. The highest BCUT2D eigenvalue weighted by atomic mass is 19.1. The van der Waals surface area contributed by atoms with Crippen LogP contribution in [-0.2, 0) is 0 Å². The number of hydrogen-bond acceptors (Lipinski definition) is 1. The van der Waals surface area contributed by atoms with E-state index in [9.17, 15) is 4.39 Å². The van der Waals surface area contributed by atoms with Crippen LogP contribution in [0.5, 0.6) is 0 Å². The number of rotatable bonds is 2. The zero-order valence-corrected chi connectivity index (χ0v) is 10.6. The van der Waals surface area contributed by atoms with Crippen LogP contribution in [0.1, 0.15) is 5.56 Å². The SMILES string of the molecule is Cc1ccc(-c2cc(F)c(-c3ccccc3)o2)cc1. The summed E-state index contributed by atoms with van der Waals surface area (Å²) in [5.74, 6) is 0.509. The smallest absolute Gasteiger partial charge is 0.170 e. The highest BCUT2D eigenvalue weighted by Gasteiger charge is 2.13. The molecular weight excluding hydrogens is 239 g/mol. The molecule has 0 atom stereocenters. The predicted octanol–water partition coefficient (Wildman–Crippen LogP) is 5.06. The van der Waals surface area contributed by atoms with E-state index in [-0.39, 0.29) is 11.6 Å². The van der Waals surface area contributed by atoms with E-state index in [1.54, 1.807) is 0 Å². The molecule has 0 aliphatic carbocycles. The summed E-state index contributed by atoms with van der Waals surface area (Å²) < 4.78 is 19.6. The summed E-state index contributed by atoms with van der Waals surface area (Å²) in [7, 11) is 0. The molecular formula is C17H13FO. The fraction of sp³-hybridized carbons (Fsp3) is 0.0588. The van der Waals surface area contributed by atoms with Gasteiger partial charge in [-0.15, -0.1) is 0 Å². The second kappa shape index (κ2) is 4.73. The summed E-state index contributed by atoms with van der Waals surface area (Å²) in [6.07, 6.45) is 0. The molecule has 0 amide bonds. The molecule has 0 aliphatic rings. The maximum Gasteiger partial charge on any atom is 0.170 e. The van der Waals surface area contributed by atoms with Crippen LogP contribution in [0.2, 0.25) is 0 Å². The number of benzene rings is 2. The van der Waals surface area contributed by atoms with Gasteiger partial charge in [-0.25, -0.2) is 4.39 Å². The van der Waals surface area contributed by atoms with Crippen LogP contribution >= 0.6 is 0 Å². The zero-order valence-electron chi connectivity index (χ0n) is 10.6. The standard InChI is InChI=1S/C17H13FO/c1-12-7-9-13(10-8-12)16-11-15(18)17(19-16)14-5-3-2-4-6-14/h2-11H,1H3. The van der Waals surface area contributed by atoms with Crippen molar-refractivity contribution >= 4 is 0 Å². The summed E-state index contributed by atoms with van der Waals surface area (Å²) >= 11 is 0. The Labute approximate surface area is 111 Å². The number of hydrogen-bond donors (Lipinski definition) is 0. The Balaban J connectivity index is 2.04. The second-order valence-electron chi connectivity index (χ2n) is 4.52. The van der Waals surface area contributed by atoms with Crippen molar-refractivity contribution in [2.75, 3.05) is 0 Å². The Bertz CT molecular complexity index is 681. The van der Waals surface area contributed by atoms with Gasteiger partial charge < -0.3 is 4.42 Å². The molecule has 3 aromatic rings. The minimum Gasteiger partial charge on any atom is -0.453 e. The molecule has 1 aromatic heterocycles. The van der Waals surface area contributed by atoms with Crippen LogP contribution < -0.4 is 0 Å². The molecule has 19 heavy (non-hydrogen) atoms. The molecule has 0 saturated carbocycles. The quantitative estimate of drug-likeness (QED) is 0.621. The van der Waals surface area contributed by atoms with E-state index in [1.807, 2.05) is 61.5 Å². The van der Waals surface area contributed by atoms with Crippen molar-refractivity contribution in [1.29, 1.82) is 0 Å². The lowest BCUT2D eigenvalue weighted by atomic mass is 10.1. The van der Waals surface area contributed by atoms with Gasteiger partial charge >= 0.3 is 0 Å². The number of halogens is 1. The molecule has 0 fully saturated rings.